The molecule has 1 aromatic heterocycles. The molecule has 0 amide bonds. The molecule has 5 nitrogen and oxygen atoms in total. The van der Waals surface area contributed by atoms with Crippen molar-refractivity contribution in [2.24, 2.45) is 0 Å². The first kappa shape index (κ1) is 12.4. The van der Waals surface area contributed by atoms with Crippen molar-refractivity contribution in [3.8, 4) is 16.9 Å². The highest BCUT2D eigenvalue weighted by molar-refractivity contribution is 6.32. The average molecular weight is 266 g/mol. The molecule has 2 aromatic rings. The first-order valence-electron chi connectivity index (χ1n) is 5.23. The average Bonchev–Trinajstić information content (AvgIpc) is 2.27. The van der Waals surface area contributed by atoms with E-state index < -0.39 is 5.69 Å². The second-order valence-electron chi connectivity index (χ2n) is 3.78. The van der Waals surface area contributed by atoms with E-state index in [1.807, 2.05) is 6.07 Å². The summed E-state index contributed by atoms with van der Waals surface area (Å²) in [6.45, 7) is 1.76. The standard InChI is InChI=1S/C12H12ClN3O2/c1-6-10(11(14)16-12(17)15-6)7-3-4-9(18-2)8(13)5-7/h3-5H,1-2H3,(H3,14,15,16,17). The van der Waals surface area contributed by atoms with Gasteiger partial charge in [0.1, 0.15) is 11.6 Å². The first-order chi connectivity index (χ1) is 8.52. The number of aryl methyl sites for hydroxylation is 1. The van der Waals surface area contributed by atoms with Gasteiger partial charge < -0.3 is 15.5 Å². The Bertz CT molecular complexity index is 626. The Hall–Kier alpha value is -2.01. The number of hydrogen-bond donors (Lipinski definition) is 2. The van der Waals surface area contributed by atoms with Gasteiger partial charge in [-0.2, -0.15) is 4.98 Å². The number of anilines is 1. The third kappa shape index (κ3) is 2.17. The molecule has 0 spiro atoms. The van der Waals surface area contributed by atoms with Gasteiger partial charge in [0.05, 0.1) is 12.1 Å². The second-order valence-corrected chi connectivity index (χ2v) is 4.18. The van der Waals surface area contributed by atoms with Gasteiger partial charge in [-0.25, -0.2) is 4.79 Å². The van der Waals surface area contributed by atoms with Crippen LogP contribution >= 0.6 is 11.6 Å². The molecule has 3 N–H and O–H groups in total. The zero-order valence-corrected chi connectivity index (χ0v) is 10.7. The third-order valence-electron chi connectivity index (χ3n) is 2.59. The normalized spacial score (nSPS) is 10.4. The lowest BCUT2D eigenvalue weighted by atomic mass is 10.0. The summed E-state index contributed by atoms with van der Waals surface area (Å²) < 4.78 is 5.08. The van der Waals surface area contributed by atoms with E-state index in [0.29, 0.717) is 22.0 Å². The third-order valence-corrected chi connectivity index (χ3v) is 2.88. The van der Waals surface area contributed by atoms with Gasteiger partial charge in [-0.15, -0.1) is 0 Å². The van der Waals surface area contributed by atoms with E-state index in [4.69, 9.17) is 22.1 Å². The van der Waals surface area contributed by atoms with Crippen LogP contribution in [0.3, 0.4) is 0 Å². The molecule has 0 saturated heterocycles. The van der Waals surface area contributed by atoms with E-state index >= 15 is 0 Å². The highest BCUT2D eigenvalue weighted by Gasteiger charge is 2.11. The predicted octanol–water partition coefficient (Wildman–Crippen LogP) is 1.99. The largest absolute Gasteiger partial charge is 0.495 e. The fraction of sp³-hybridized carbons (Fsp3) is 0.167. The van der Waals surface area contributed by atoms with E-state index in [1.165, 1.54) is 0 Å². The van der Waals surface area contributed by atoms with Crippen molar-refractivity contribution in [1.82, 2.24) is 9.97 Å². The minimum Gasteiger partial charge on any atom is -0.495 e. The van der Waals surface area contributed by atoms with Crippen molar-refractivity contribution >= 4 is 17.4 Å². The van der Waals surface area contributed by atoms with Gasteiger partial charge in [0.25, 0.3) is 0 Å². The van der Waals surface area contributed by atoms with E-state index in [0.717, 1.165) is 5.56 Å². The van der Waals surface area contributed by atoms with Gasteiger partial charge >= 0.3 is 5.69 Å². The SMILES string of the molecule is COc1ccc(-c2c(N)nc(=O)[nH]c2C)cc1Cl. The molecular formula is C12H12ClN3O2. The Kier molecular flexibility index (Phi) is 3.25. The number of nitrogens with two attached hydrogens (primary N) is 1. The van der Waals surface area contributed by atoms with Crippen LogP contribution in [0.5, 0.6) is 5.75 Å². The lowest BCUT2D eigenvalue weighted by Gasteiger charge is -2.10. The number of rotatable bonds is 2. The van der Waals surface area contributed by atoms with Crippen LogP contribution < -0.4 is 16.2 Å². The van der Waals surface area contributed by atoms with Crippen LogP contribution in [0.1, 0.15) is 5.69 Å². The van der Waals surface area contributed by atoms with Crippen LogP contribution in [0, 0.1) is 6.92 Å². The molecule has 0 radical (unpaired) electrons. The number of halogens is 1. The van der Waals surface area contributed by atoms with Gasteiger partial charge in [0.2, 0.25) is 0 Å². The van der Waals surface area contributed by atoms with Crippen molar-refractivity contribution in [3.63, 3.8) is 0 Å². The fourth-order valence-electron chi connectivity index (χ4n) is 1.79. The Morgan fingerprint density at radius 1 is 1.44 bits per heavy atom. The Morgan fingerprint density at radius 3 is 2.72 bits per heavy atom. The highest BCUT2D eigenvalue weighted by atomic mass is 35.5. The number of nitrogens with one attached hydrogen (secondary N) is 1. The topological polar surface area (TPSA) is 81.0 Å². The van der Waals surface area contributed by atoms with Crippen LogP contribution in [0.25, 0.3) is 11.1 Å². The molecule has 18 heavy (non-hydrogen) atoms. The van der Waals surface area contributed by atoms with Crippen LogP contribution in [0.2, 0.25) is 5.02 Å². The molecule has 1 heterocycles. The number of H-pyrrole nitrogens is 1. The maximum absolute atomic E-state index is 11.2. The summed E-state index contributed by atoms with van der Waals surface area (Å²) in [6.07, 6.45) is 0. The zero-order chi connectivity index (χ0) is 13.3. The van der Waals surface area contributed by atoms with Gasteiger partial charge in [0, 0.05) is 11.3 Å². The molecule has 0 aliphatic rings. The lowest BCUT2D eigenvalue weighted by molar-refractivity contribution is 0.415. The molecule has 6 heteroatoms. The number of benzene rings is 1. The fourth-order valence-corrected chi connectivity index (χ4v) is 2.05. The molecule has 0 atom stereocenters. The maximum Gasteiger partial charge on any atom is 0.347 e. The van der Waals surface area contributed by atoms with Crippen LogP contribution in [0.15, 0.2) is 23.0 Å². The minimum atomic E-state index is -0.464. The summed E-state index contributed by atoms with van der Waals surface area (Å²) in [5.74, 6) is 0.756. The second kappa shape index (κ2) is 4.70. The molecule has 94 valence electrons. The van der Waals surface area contributed by atoms with Crippen molar-refractivity contribution in [1.29, 1.82) is 0 Å². The Morgan fingerprint density at radius 2 is 2.17 bits per heavy atom. The number of aromatic amines is 1. The smallest absolute Gasteiger partial charge is 0.347 e. The quantitative estimate of drug-likeness (QED) is 0.870. The molecule has 0 bridgehead atoms. The Balaban J connectivity index is 2.62. The summed E-state index contributed by atoms with van der Waals surface area (Å²) in [7, 11) is 1.54. The van der Waals surface area contributed by atoms with E-state index in [2.05, 4.69) is 9.97 Å². The van der Waals surface area contributed by atoms with Crippen LogP contribution in [0.4, 0.5) is 5.82 Å². The van der Waals surface area contributed by atoms with Crippen molar-refractivity contribution in [3.05, 3.63) is 39.4 Å². The van der Waals surface area contributed by atoms with E-state index in [-0.39, 0.29) is 5.82 Å². The summed E-state index contributed by atoms with van der Waals surface area (Å²) in [5, 5.41) is 0.472. The predicted molar refractivity (Wildman–Crippen MR) is 71.0 cm³/mol. The molecular weight excluding hydrogens is 254 g/mol. The van der Waals surface area contributed by atoms with Gasteiger partial charge in [-0.05, 0) is 24.6 Å². The van der Waals surface area contributed by atoms with Crippen LogP contribution in [-0.4, -0.2) is 17.1 Å². The Labute approximate surface area is 109 Å². The molecule has 2 rings (SSSR count). The minimum absolute atomic E-state index is 0.178. The molecule has 0 saturated carbocycles. The van der Waals surface area contributed by atoms with E-state index in [9.17, 15) is 4.79 Å². The zero-order valence-electron chi connectivity index (χ0n) is 9.95. The van der Waals surface area contributed by atoms with Gasteiger partial charge in [0.15, 0.2) is 0 Å². The van der Waals surface area contributed by atoms with E-state index in [1.54, 1.807) is 26.2 Å². The van der Waals surface area contributed by atoms with Crippen molar-refractivity contribution in [2.45, 2.75) is 6.92 Å². The summed E-state index contributed by atoms with van der Waals surface area (Å²) in [6, 6.07) is 5.27. The molecule has 0 aliphatic heterocycles. The number of nitrogen functional groups attached to an aromatic ring is 1. The summed E-state index contributed by atoms with van der Waals surface area (Å²) in [4.78, 5) is 17.4. The van der Waals surface area contributed by atoms with Crippen molar-refractivity contribution < 1.29 is 4.74 Å². The number of nitrogens with zero attached hydrogens (tertiary/aromatic N) is 1. The highest BCUT2D eigenvalue weighted by Crippen LogP contribution is 2.32. The molecule has 0 unspecified atom stereocenters. The summed E-state index contributed by atoms with van der Waals surface area (Å²) in [5.41, 5.74) is 7.40. The molecule has 0 aliphatic carbocycles. The van der Waals surface area contributed by atoms with Gasteiger partial charge in [-0.3, -0.25) is 0 Å². The number of ether oxygens (including phenoxy) is 1. The maximum atomic E-state index is 11.2. The lowest BCUT2D eigenvalue weighted by Crippen LogP contribution is -2.15. The summed E-state index contributed by atoms with van der Waals surface area (Å²) >= 11 is 6.06. The molecule has 1 aromatic carbocycles. The number of hydrogen-bond acceptors (Lipinski definition) is 4. The first-order valence-corrected chi connectivity index (χ1v) is 5.61. The molecule has 0 fully saturated rings. The van der Waals surface area contributed by atoms with Crippen molar-refractivity contribution in [2.75, 3.05) is 12.8 Å². The van der Waals surface area contributed by atoms with Gasteiger partial charge in [-0.1, -0.05) is 17.7 Å². The monoisotopic (exact) mass is 265 g/mol. The number of aromatic nitrogens is 2. The van der Waals surface area contributed by atoms with Crippen LogP contribution in [-0.2, 0) is 0 Å². The number of methoxy groups -OCH3 is 1.